The first-order chi connectivity index (χ1) is 17.7. The molecule has 37 heavy (non-hydrogen) atoms. The molecule has 8 nitrogen and oxygen atoms in total. The van der Waals surface area contributed by atoms with Crippen molar-refractivity contribution in [1.29, 1.82) is 0 Å². The van der Waals surface area contributed by atoms with Gasteiger partial charge in [-0.25, -0.2) is 0 Å². The van der Waals surface area contributed by atoms with Crippen molar-refractivity contribution in [2.45, 2.75) is 27.2 Å². The number of hydrogen-bond acceptors (Lipinski definition) is 8. The second-order valence-corrected chi connectivity index (χ2v) is 9.64. The fraction of sp³-hybridized carbons (Fsp3) is 0.345. The van der Waals surface area contributed by atoms with Crippen molar-refractivity contribution >= 4 is 40.1 Å². The average Bonchev–Trinajstić information content (AvgIpc) is 2.91. The third-order valence-electron chi connectivity index (χ3n) is 6.16. The number of ether oxygens (including phenoxy) is 1. The number of benzene rings is 3. The second-order valence-electron chi connectivity index (χ2n) is 9.64. The third kappa shape index (κ3) is 8.24. The van der Waals surface area contributed by atoms with Crippen LogP contribution in [0.3, 0.4) is 0 Å². The third-order valence-corrected chi connectivity index (χ3v) is 6.16. The van der Waals surface area contributed by atoms with E-state index in [-0.39, 0.29) is 5.97 Å². The van der Waals surface area contributed by atoms with Gasteiger partial charge in [0.15, 0.2) is 0 Å². The normalized spacial score (nSPS) is 11.7. The minimum absolute atomic E-state index is 0.162. The Morgan fingerprint density at radius 2 is 1.08 bits per heavy atom. The van der Waals surface area contributed by atoms with Gasteiger partial charge < -0.3 is 14.5 Å². The summed E-state index contributed by atoms with van der Waals surface area (Å²) in [5.41, 5.74) is 4.69. The Morgan fingerprint density at radius 1 is 0.703 bits per heavy atom. The largest absolute Gasteiger partial charge is 0.463 e. The first-order valence-corrected chi connectivity index (χ1v) is 12.4. The highest BCUT2D eigenvalue weighted by Gasteiger charge is 2.26. The molecule has 0 saturated carbocycles. The first-order valence-electron chi connectivity index (χ1n) is 12.4. The highest BCUT2D eigenvalue weighted by molar-refractivity contribution is 5.75. The SMILES string of the molecule is CCC(C)(C)C(=O)OCCN(C)c1ccc(N=Nc2ccc(N=Nc3ccc(N(C)C)cc3)cc2)cc1. The van der Waals surface area contributed by atoms with Gasteiger partial charge >= 0.3 is 5.97 Å². The lowest BCUT2D eigenvalue weighted by atomic mass is 9.91. The summed E-state index contributed by atoms with van der Waals surface area (Å²) in [6, 6.07) is 23.1. The minimum atomic E-state index is -0.450. The second kappa shape index (κ2) is 12.8. The zero-order valence-electron chi connectivity index (χ0n) is 22.5. The molecule has 8 heteroatoms. The molecule has 0 atom stereocenters. The molecule has 0 aliphatic carbocycles. The maximum Gasteiger partial charge on any atom is 0.311 e. The Morgan fingerprint density at radius 3 is 1.46 bits per heavy atom. The van der Waals surface area contributed by atoms with E-state index in [1.165, 1.54) is 0 Å². The van der Waals surface area contributed by atoms with Crippen LogP contribution < -0.4 is 9.80 Å². The van der Waals surface area contributed by atoms with Crippen LogP contribution >= 0.6 is 0 Å². The maximum atomic E-state index is 12.1. The molecule has 3 aromatic carbocycles. The van der Waals surface area contributed by atoms with E-state index in [9.17, 15) is 4.79 Å². The van der Waals surface area contributed by atoms with Gasteiger partial charge in [-0.1, -0.05) is 6.92 Å². The van der Waals surface area contributed by atoms with Crippen LogP contribution in [-0.2, 0) is 9.53 Å². The predicted molar refractivity (Wildman–Crippen MR) is 150 cm³/mol. The summed E-state index contributed by atoms with van der Waals surface area (Å²) in [6.07, 6.45) is 0.749. The van der Waals surface area contributed by atoms with Crippen LogP contribution in [0.15, 0.2) is 93.3 Å². The summed E-state index contributed by atoms with van der Waals surface area (Å²) in [4.78, 5) is 16.2. The molecular weight excluding hydrogens is 464 g/mol. The van der Waals surface area contributed by atoms with E-state index in [1.54, 1.807) is 0 Å². The number of nitrogens with zero attached hydrogens (tertiary/aromatic N) is 6. The molecule has 0 radical (unpaired) electrons. The molecular formula is C29H36N6O2. The van der Waals surface area contributed by atoms with Gasteiger partial charge in [0, 0.05) is 32.5 Å². The number of rotatable bonds is 11. The summed E-state index contributed by atoms with van der Waals surface area (Å²) in [7, 11) is 5.97. The Hall–Kier alpha value is -4.07. The number of hydrogen-bond donors (Lipinski definition) is 0. The van der Waals surface area contributed by atoms with Crippen molar-refractivity contribution in [3.8, 4) is 0 Å². The van der Waals surface area contributed by atoms with Crippen molar-refractivity contribution in [3.63, 3.8) is 0 Å². The summed E-state index contributed by atoms with van der Waals surface area (Å²) >= 11 is 0. The zero-order chi connectivity index (χ0) is 26.8. The predicted octanol–water partition coefficient (Wildman–Crippen LogP) is 8.00. The van der Waals surface area contributed by atoms with E-state index in [0.717, 1.165) is 40.5 Å². The van der Waals surface area contributed by atoms with E-state index in [2.05, 4.69) is 20.5 Å². The van der Waals surface area contributed by atoms with Gasteiger partial charge in [0.25, 0.3) is 0 Å². The summed E-state index contributed by atoms with van der Waals surface area (Å²) in [5.74, 6) is -0.162. The van der Waals surface area contributed by atoms with Gasteiger partial charge in [0.05, 0.1) is 34.7 Å². The van der Waals surface area contributed by atoms with E-state index in [0.29, 0.717) is 13.2 Å². The van der Waals surface area contributed by atoms with E-state index < -0.39 is 5.41 Å². The monoisotopic (exact) mass is 500 g/mol. The molecule has 0 bridgehead atoms. The molecule has 0 amide bonds. The molecule has 0 unspecified atom stereocenters. The summed E-state index contributed by atoms with van der Waals surface area (Å²) < 4.78 is 5.43. The van der Waals surface area contributed by atoms with Gasteiger partial charge in [-0.05, 0) is 93.1 Å². The Bertz CT molecular complexity index is 1200. The number of likely N-dealkylation sites (N-methyl/N-ethyl adjacent to an activating group) is 1. The lowest BCUT2D eigenvalue weighted by Gasteiger charge is -2.23. The lowest BCUT2D eigenvalue weighted by molar-refractivity contribution is -0.153. The lowest BCUT2D eigenvalue weighted by Crippen LogP contribution is -2.30. The standard InChI is InChI=1S/C29H36N6O2/c1-7-29(2,3)28(36)37-21-20-35(6)27-18-14-25(15-19-27)33-31-23-10-8-22(9-11-23)30-32-24-12-16-26(17-13-24)34(4)5/h8-19H,7,20-21H2,1-6H3. The number of esters is 1. The number of carbonyl (C=O) groups excluding carboxylic acids is 1. The van der Waals surface area contributed by atoms with Crippen molar-refractivity contribution < 1.29 is 9.53 Å². The van der Waals surface area contributed by atoms with Crippen molar-refractivity contribution in [1.82, 2.24) is 0 Å². The number of anilines is 2. The van der Waals surface area contributed by atoms with E-state index >= 15 is 0 Å². The summed E-state index contributed by atoms with van der Waals surface area (Å²) in [6.45, 7) is 6.74. The Balaban J connectivity index is 1.50. The molecule has 0 N–H and O–H groups in total. The molecule has 0 heterocycles. The van der Waals surface area contributed by atoms with Crippen LogP contribution in [0.5, 0.6) is 0 Å². The fourth-order valence-corrected chi connectivity index (χ4v) is 3.15. The highest BCUT2D eigenvalue weighted by Crippen LogP contribution is 2.26. The molecule has 0 saturated heterocycles. The average molecular weight is 501 g/mol. The van der Waals surface area contributed by atoms with Crippen molar-refractivity contribution in [3.05, 3.63) is 72.8 Å². The van der Waals surface area contributed by atoms with Crippen molar-refractivity contribution in [2.24, 2.45) is 25.9 Å². The van der Waals surface area contributed by atoms with Gasteiger partial charge in [0.2, 0.25) is 0 Å². The van der Waals surface area contributed by atoms with Crippen LogP contribution in [0.1, 0.15) is 27.2 Å². The van der Waals surface area contributed by atoms with Gasteiger partial charge in [-0.2, -0.15) is 20.5 Å². The topological polar surface area (TPSA) is 82.2 Å². The van der Waals surface area contributed by atoms with Gasteiger partial charge in [-0.3, -0.25) is 4.79 Å². The Kier molecular flexibility index (Phi) is 9.49. The summed E-state index contributed by atoms with van der Waals surface area (Å²) in [5, 5.41) is 17.2. The van der Waals surface area contributed by atoms with E-state index in [1.807, 2.05) is 125 Å². The minimum Gasteiger partial charge on any atom is -0.463 e. The number of carbonyl (C=O) groups is 1. The molecule has 0 aromatic heterocycles. The van der Waals surface area contributed by atoms with Crippen LogP contribution in [0, 0.1) is 5.41 Å². The molecule has 3 aromatic rings. The Labute approximate surface area is 219 Å². The van der Waals surface area contributed by atoms with Crippen LogP contribution in [0.25, 0.3) is 0 Å². The first kappa shape index (κ1) is 27.5. The molecule has 0 aliphatic rings. The van der Waals surface area contributed by atoms with Gasteiger partial charge in [0.1, 0.15) is 6.61 Å². The zero-order valence-corrected chi connectivity index (χ0v) is 22.5. The van der Waals surface area contributed by atoms with Gasteiger partial charge in [-0.15, -0.1) is 0 Å². The molecule has 0 fully saturated rings. The smallest absolute Gasteiger partial charge is 0.311 e. The van der Waals surface area contributed by atoms with Crippen LogP contribution in [0.2, 0.25) is 0 Å². The molecule has 3 rings (SSSR count). The van der Waals surface area contributed by atoms with Crippen molar-refractivity contribution in [2.75, 3.05) is 44.1 Å². The molecule has 194 valence electrons. The quantitative estimate of drug-likeness (QED) is 0.197. The number of azo groups is 2. The highest BCUT2D eigenvalue weighted by atomic mass is 16.5. The van der Waals surface area contributed by atoms with Crippen LogP contribution in [-0.4, -0.2) is 40.3 Å². The molecule has 0 aliphatic heterocycles. The molecule has 0 spiro atoms. The fourth-order valence-electron chi connectivity index (χ4n) is 3.15. The maximum absolute atomic E-state index is 12.1. The van der Waals surface area contributed by atoms with E-state index in [4.69, 9.17) is 4.74 Å². The van der Waals surface area contributed by atoms with Crippen LogP contribution in [0.4, 0.5) is 34.1 Å².